The summed E-state index contributed by atoms with van der Waals surface area (Å²) in [5.74, 6) is 1.10. The summed E-state index contributed by atoms with van der Waals surface area (Å²) in [7, 11) is 0. The number of rotatable bonds is 3. The maximum Gasteiger partial charge on any atom is 0.200 e. The molecule has 4 rings (SSSR count). The van der Waals surface area contributed by atoms with Crippen molar-refractivity contribution in [1.82, 2.24) is 9.80 Å². The molecule has 4 heteroatoms. The van der Waals surface area contributed by atoms with Gasteiger partial charge in [0.1, 0.15) is 5.66 Å². The SMILES string of the molecule is CCCC1(N2CCCC2)N=C(N2CCCC2)Nc2ccccc21. The van der Waals surface area contributed by atoms with Gasteiger partial charge in [0, 0.05) is 37.4 Å². The fourth-order valence-electron chi connectivity index (χ4n) is 4.43. The highest BCUT2D eigenvalue weighted by Crippen LogP contribution is 2.43. The van der Waals surface area contributed by atoms with Crippen LogP contribution in [-0.4, -0.2) is 41.9 Å². The van der Waals surface area contributed by atoms with Crippen LogP contribution in [0.25, 0.3) is 0 Å². The summed E-state index contributed by atoms with van der Waals surface area (Å²) < 4.78 is 0. The van der Waals surface area contributed by atoms with Crippen LogP contribution in [0.4, 0.5) is 5.69 Å². The Hall–Kier alpha value is -1.55. The highest BCUT2D eigenvalue weighted by molar-refractivity contribution is 5.97. The minimum absolute atomic E-state index is 0.162. The van der Waals surface area contributed by atoms with Crippen LogP contribution in [0.3, 0.4) is 0 Å². The summed E-state index contributed by atoms with van der Waals surface area (Å²) in [5, 5.41) is 3.62. The Morgan fingerprint density at radius 2 is 1.74 bits per heavy atom. The molecule has 0 bridgehead atoms. The second kappa shape index (κ2) is 6.16. The van der Waals surface area contributed by atoms with E-state index in [2.05, 4.69) is 46.3 Å². The summed E-state index contributed by atoms with van der Waals surface area (Å²) in [6, 6.07) is 8.80. The molecule has 124 valence electrons. The maximum atomic E-state index is 5.37. The molecule has 3 heterocycles. The molecule has 0 aliphatic carbocycles. The van der Waals surface area contributed by atoms with E-state index in [-0.39, 0.29) is 5.66 Å². The van der Waals surface area contributed by atoms with Gasteiger partial charge in [-0.2, -0.15) is 0 Å². The molecular formula is C19H28N4. The zero-order chi connectivity index (χ0) is 15.7. The van der Waals surface area contributed by atoms with Crippen molar-refractivity contribution in [2.45, 2.75) is 51.1 Å². The lowest BCUT2D eigenvalue weighted by Crippen LogP contribution is -2.49. The first-order valence-electron chi connectivity index (χ1n) is 9.30. The summed E-state index contributed by atoms with van der Waals surface area (Å²) in [5.41, 5.74) is 2.46. The Balaban J connectivity index is 1.81. The van der Waals surface area contributed by atoms with Crippen molar-refractivity contribution in [1.29, 1.82) is 0 Å². The van der Waals surface area contributed by atoms with Crippen LogP contribution in [0.5, 0.6) is 0 Å². The van der Waals surface area contributed by atoms with E-state index < -0.39 is 0 Å². The number of anilines is 1. The fraction of sp³-hybridized carbons (Fsp3) is 0.632. The van der Waals surface area contributed by atoms with Crippen molar-refractivity contribution >= 4 is 11.6 Å². The molecule has 0 aromatic heterocycles. The minimum atomic E-state index is -0.162. The van der Waals surface area contributed by atoms with E-state index in [9.17, 15) is 0 Å². The lowest BCUT2D eigenvalue weighted by Gasteiger charge is -2.44. The molecule has 0 spiro atoms. The number of nitrogens with one attached hydrogen (secondary N) is 1. The Labute approximate surface area is 139 Å². The van der Waals surface area contributed by atoms with Crippen LogP contribution in [0.1, 0.15) is 51.0 Å². The first-order valence-corrected chi connectivity index (χ1v) is 9.30. The predicted molar refractivity (Wildman–Crippen MR) is 95.7 cm³/mol. The summed E-state index contributed by atoms with van der Waals surface area (Å²) in [4.78, 5) is 10.4. The van der Waals surface area contributed by atoms with Crippen LogP contribution >= 0.6 is 0 Å². The molecule has 23 heavy (non-hydrogen) atoms. The molecule has 1 atom stereocenters. The zero-order valence-corrected chi connectivity index (χ0v) is 14.2. The van der Waals surface area contributed by atoms with Gasteiger partial charge in [0.2, 0.25) is 5.96 Å². The molecule has 2 saturated heterocycles. The molecule has 2 fully saturated rings. The van der Waals surface area contributed by atoms with Crippen LogP contribution in [-0.2, 0) is 5.66 Å². The van der Waals surface area contributed by atoms with Crippen molar-refractivity contribution in [2.24, 2.45) is 4.99 Å². The van der Waals surface area contributed by atoms with Gasteiger partial charge in [-0.05, 0) is 38.2 Å². The number of nitrogens with zero attached hydrogens (tertiary/aromatic N) is 3. The van der Waals surface area contributed by atoms with Gasteiger partial charge in [0.15, 0.2) is 0 Å². The smallest absolute Gasteiger partial charge is 0.200 e. The number of para-hydroxylation sites is 1. The Morgan fingerprint density at radius 3 is 2.48 bits per heavy atom. The van der Waals surface area contributed by atoms with Gasteiger partial charge in [0.25, 0.3) is 0 Å². The van der Waals surface area contributed by atoms with Crippen LogP contribution < -0.4 is 5.32 Å². The minimum Gasteiger partial charge on any atom is -0.343 e. The number of hydrogen-bond acceptors (Lipinski definition) is 4. The van der Waals surface area contributed by atoms with Crippen LogP contribution in [0.15, 0.2) is 29.3 Å². The number of guanidine groups is 1. The van der Waals surface area contributed by atoms with Gasteiger partial charge >= 0.3 is 0 Å². The highest BCUT2D eigenvalue weighted by Gasteiger charge is 2.43. The third-order valence-electron chi connectivity index (χ3n) is 5.53. The number of benzene rings is 1. The molecule has 4 nitrogen and oxygen atoms in total. The van der Waals surface area contributed by atoms with Crippen LogP contribution in [0, 0.1) is 0 Å². The number of fused-ring (bicyclic) bond motifs is 1. The largest absolute Gasteiger partial charge is 0.343 e. The lowest BCUT2D eigenvalue weighted by atomic mass is 9.90. The van der Waals surface area contributed by atoms with E-state index in [4.69, 9.17) is 4.99 Å². The molecule has 3 aliphatic heterocycles. The van der Waals surface area contributed by atoms with E-state index in [0.717, 1.165) is 31.9 Å². The normalized spacial score (nSPS) is 27.7. The fourth-order valence-corrected chi connectivity index (χ4v) is 4.43. The Kier molecular flexibility index (Phi) is 4.02. The maximum absolute atomic E-state index is 5.37. The third kappa shape index (κ3) is 2.53. The first-order chi connectivity index (χ1) is 11.3. The average molecular weight is 312 g/mol. The average Bonchev–Trinajstić information content (AvgIpc) is 3.28. The molecule has 1 N–H and O–H groups in total. The van der Waals surface area contributed by atoms with Gasteiger partial charge in [0.05, 0.1) is 0 Å². The molecule has 3 aliphatic rings. The molecular weight excluding hydrogens is 284 g/mol. The summed E-state index contributed by atoms with van der Waals surface area (Å²) in [6.07, 6.45) is 7.43. The third-order valence-corrected chi connectivity index (χ3v) is 5.53. The van der Waals surface area contributed by atoms with E-state index in [0.29, 0.717) is 0 Å². The molecule has 0 amide bonds. The van der Waals surface area contributed by atoms with Gasteiger partial charge in [-0.15, -0.1) is 0 Å². The standard InChI is InChI=1S/C19H28N4/c1-2-11-19(23-14-7-8-15-23)16-9-3-4-10-17(16)20-18(21-19)22-12-5-6-13-22/h3-4,9-10H,2,5-8,11-15H2,1H3,(H,20,21). The van der Waals surface area contributed by atoms with Gasteiger partial charge in [-0.1, -0.05) is 31.5 Å². The molecule has 0 saturated carbocycles. The molecule has 0 radical (unpaired) electrons. The Morgan fingerprint density at radius 1 is 1.04 bits per heavy atom. The monoisotopic (exact) mass is 312 g/mol. The van der Waals surface area contributed by atoms with Crippen molar-refractivity contribution in [2.75, 3.05) is 31.5 Å². The lowest BCUT2D eigenvalue weighted by molar-refractivity contribution is 0.110. The quantitative estimate of drug-likeness (QED) is 0.925. The topological polar surface area (TPSA) is 30.9 Å². The summed E-state index contributed by atoms with van der Waals surface area (Å²) >= 11 is 0. The van der Waals surface area contributed by atoms with Crippen molar-refractivity contribution < 1.29 is 0 Å². The highest BCUT2D eigenvalue weighted by atomic mass is 15.4. The van der Waals surface area contributed by atoms with E-state index in [1.165, 1.54) is 50.0 Å². The zero-order valence-electron chi connectivity index (χ0n) is 14.2. The molecule has 1 aromatic rings. The van der Waals surface area contributed by atoms with Crippen molar-refractivity contribution in [3.05, 3.63) is 29.8 Å². The van der Waals surface area contributed by atoms with Gasteiger partial charge < -0.3 is 10.2 Å². The molecule has 1 aromatic carbocycles. The predicted octanol–water partition coefficient (Wildman–Crippen LogP) is 3.61. The number of aliphatic imine (C=N–C) groups is 1. The first kappa shape index (κ1) is 15.0. The molecule has 1 unspecified atom stereocenters. The number of likely N-dealkylation sites (tertiary alicyclic amines) is 2. The van der Waals surface area contributed by atoms with Gasteiger partial charge in [-0.3, -0.25) is 4.90 Å². The van der Waals surface area contributed by atoms with Crippen molar-refractivity contribution in [3.63, 3.8) is 0 Å². The van der Waals surface area contributed by atoms with Crippen LogP contribution in [0.2, 0.25) is 0 Å². The van der Waals surface area contributed by atoms with E-state index >= 15 is 0 Å². The Bertz CT molecular complexity index is 585. The van der Waals surface area contributed by atoms with E-state index in [1.807, 2.05) is 0 Å². The second-order valence-electron chi connectivity index (χ2n) is 7.06. The van der Waals surface area contributed by atoms with Gasteiger partial charge in [-0.25, -0.2) is 4.99 Å². The second-order valence-corrected chi connectivity index (χ2v) is 7.06. The summed E-state index contributed by atoms with van der Waals surface area (Å²) in [6.45, 7) is 6.90. The van der Waals surface area contributed by atoms with E-state index in [1.54, 1.807) is 0 Å². The number of hydrogen-bond donors (Lipinski definition) is 1. The van der Waals surface area contributed by atoms with Crippen molar-refractivity contribution in [3.8, 4) is 0 Å².